The second-order valence-corrected chi connectivity index (χ2v) is 6.26. The van der Waals surface area contributed by atoms with Crippen molar-refractivity contribution in [1.29, 1.82) is 0 Å². The van der Waals surface area contributed by atoms with E-state index >= 15 is 0 Å². The first-order valence-electron chi connectivity index (χ1n) is 8.43. The lowest BCUT2D eigenvalue weighted by Gasteiger charge is -2.11. The summed E-state index contributed by atoms with van der Waals surface area (Å²) in [4.78, 5) is 12.6. The number of nitrogens with zero attached hydrogens (tertiary/aromatic N) is 1. The first kappa shape index (κ1) is 19.3. The summed E-state index contributed by atoms with van der Waals surface area (Å²) < 4.78 is 10.7. The Morgan fingerprint density at radius 2 is 2.04 bits per heavy atom. The molecule has 0 aliphatic rings. The molecule has 1 heterocycles. The van der Waals surface area contributed by atoms with Gasteiger partial charge in [0, 0.05) is 17.1 Å². The maximum Gasteiger partial charge on any atom is 0.255 e. The molecule has 0 saturated carbocycles. The van der Waals surface area contributed by atoms with Crippen LogP contribution in [-0.2, 0) is 6.54 Å². The first-order valence-corrected chi connectivity index (χ1v) is 8.81. The molecule has 6 nitrogen and oxygen atoms in total. The third kappa shape index (κ3) is 4.45. The summed E-state index contributed by atoms with van der Waals surface area (Å²) in [6, 6.07) is 12.6. The fourth-order valence-electron chi connectivity index (χ4n) is 2.64. The van der Waals surface area contributed by atoms with Crippen LogP contribution in [0.3, 0.4) is 0 Å². The number of hydrogen-bond donors (Lipinski definition) is 2. The highest BCUT2D eigenvalue weighted by Gasteiger charge is 2.15. The molecule has 1 amide bonds. The topological polar surface area (TPSA) is 76.2 Å². The van der Waals surface area contributed by atoms with Crippen molar-refractivity contribution in [2.24, 2.45) is 0 Å². The summed E-state index contributed by atoms with van der Waals surface area (Å²) in [5.41, 5.74) is 2.74. The highest BCUT2D eigenvalue weighted by Crippen LogP contribution is 2.28. The molecule has 2 N–H and O–H groups in total. The maximum absolute atomic E-state index is 12.6. The molecule has 1 aromatic heterocycles. The number of terminal acetylenes is 1. The number of aromatic nitrogens is 2. The summed E-state index contributed by atoms with van der Waals surface area (Å²) in [7, 11) is 1.55. The summed E-state index contributed by atoms with van der Waals surface area (Å²) in [6.45, 7) is 0.437. The number of aromatic amines is 1. The van der Waals surface area contributed by atoms with Gasteiger partial charge in [-0.3, -0.25) is 9.89 Å². The number of ether oxygens (including phenoxy) is 2. The van der Waals surface area contributed by atoms with E-state index < -0.39 is 0 Å². The number of halogens is 1. The standard InChI is InChI=1S/C21H18ClN3O3/c1-3-10-28-19-11-14(4-9-18(19)27-2)12-23-21(26)17-13-24-25-20(17)15-5-7-16(22)8-6-15/h1,4-9,11,13H,10,12H2,2H3,(H,23,26)(H,24,25). The van der Waals surface area contributed by atoms with Gasteiger partial charge in [-0.25, -0.2) is 0 Å². The van der Waals surface area contributed by atoms with E-state index in [2.05, 4.69) is 21.4 Å². The number of benzene rings is 2. The van der Waals surface area contributed by atoms with Gasteiger partial charge in [-0.05, 0) is 29.8 Å². The molecule has 2 aromatic carbocycles. The SMILES string of the molecule is C#CCOc1cc(CNC(=O)c2cn[nH]c2-c2ccc(Cl)cc2)ccc1OC. The van der Waals surface area contributed by atoms with Crippen LogP contribution < -0.4 is 14.8 Å². The first-order chi connectivity index (χ1) is 13.6. The van der Waals surface area contributed by atoms with Crippen molar-refractivity contribution >= 4 is 17.5 Å². The molecule has 0 atom stereocenters. The molecule has 0 unspecified atom stereocenters. The Kier molecular flexibility index (Phi) is 6.20. The zero-order chi connectivity index (χ0) is 19.9. The number of nitrogens with one attached hydrogen (secondary N) is 2. The van der Waals surface area contributed by atoms with Gasteiger partial charge in [0.15, 0.2) is 11.5 Å². The monoisotopic (exact) mass is 395 g/mol. The van der Waals surface area contributed by atoms with Crippen molar-refractivity contribution in [3.8, 4) is 35.1 Å². The third-order valence-electron chi connectivity index (χ3n) is 4.01. The molecule has 3 rings (SSSR count). The summed E-state index contributed by atoms with van der Waals surface area (Å²) in [5.74, 6) is 3.26. The van der Waals surface area contributed by atoms with E-state index in [1.165, 1.54) is 6.20 Å². The van der Waals surface area contributed by atoms with Crippen molar-refractivity contribution < 1.29 is 14.3 Å². The van der Waals surface area contributed by atoms with Crippen LogP contribution in [0.5, 0.6) is 11.5 Å². The molecule has 0 aliphatic heterocycles. The number of hydrogen-bond acceptors (Lipinski definition) is 4. The Hall–Kier alpha value is -3.43. The predicted molar refractivity (Wildman–Crippen MR) is 108 cm³/mol. The average molecular weight is 396 g/mol. The summed E-state index contributed by atoms with van der Waals surface area (Å²) >= 11 is 5.92. The van der Waals surface area contributed by atoms with Crippen LogP contribution >= 0.6 is 11.6 Å². The van der Waals surface area contributed by atoms with E-state index in [1.54, 1.807) is 31.4 Å². The Labute approximate surface area is 167 Å². The van der Waals surface area contributed by atoms with Crippen molar-refractivity contribution in [3.05, 3.63) is 64.8 Å². The maximum atomic E-state index is 12.6. The van der Waals surface area contributed by atoms with Gasteiger partial charge in [0.2, 0.25) is 0 Å². The Morgan fingerprint density at radius 1 is 1.25 bits per heavy atom. The number of rotatable bonds is 7. The number of carbonyl (C=O) groups is 1. The van der Waals surface area contributed by atoms with E-state index in [9.17, 15) is 4.79 Å². The van der Waals surface area contributed by atoms with Crippen molar-refractivity contribution in [2.45, 2.75) is 6.54 Å². The molecule has 0 radical (unpaired) electrons. The fourth-order valence-corrected chi connectivity index (χ4v) is 2.76. The van der Waals surface area contributed by atoms with Gasteiger partial charge in [-0.1, -0.05) is 35.7 Å². The molecule has 0 fully saturated rings. The highest BCUT2D eigenvalue weighted by atomic mass is 35.5. The van der Waals surface area contributed by atoms with Gasteiger partial charge in [-0.15, -0.1) is 6.42 Å². The average Bonchev–Trinajstić information content (AvgIpc) is 3.21. The normalized spacial score (nSPS) is 10.2. The predicted octanol–water partition coefficient (Wildman–Crippen LogP) is 3.68. The lowest BCUT2D eigenvalue weighted by molar-refractivity contribution is 0.0951. The second-order valence-electron chi connectivity index (χ2n) is 5.83. The minimum atomic E-state index is -0.249. The molecule has 7 heteroatoms. The molecular formula is C21H18ClN3O3. The van der Waals surface area contributed by atoms with Crippen molar-refractivity contribution in [2.75, 3.05) is 13.7 Å². The molecule has 0 saturated heterocycles. The second kappa shape index (κ2) is 8.98. The number of carbonyl (C=O) groups excluding carboxylic acids is 1. The van der Waals surface area contributed by atoms with Gasteiger partial charge in [-0.2, -0.15) is 5.10 Å². The lowest BCUT2D eigenvalue weighted by Crippen LogP contribution is -2.23. The fraction of sp³-hybridized carbons (Fsp3) is 0.143. The number of H-pyrrole nitrogens is 1. The van der Waals surface area contributed by atoms with E-state index in [1.807, 2.05) is 18.2 Å². The van der Waals surface area contributed by atoms with Crippen LogP contribution in [0.2, 0.25) is 5.02 Å². The van der Waals surface area contributed by atoms with Gasteiger partial charge in [0.1, 0.15) is 6.61 Å². The molecule has 0 aliphatic carbocycles. The van der Waals surface area contributed by atoms with Crippen LogP contribution in [0.4, 0.5) is 0 Å². The molecule has 0 bridgehead atoms. The van der Waals surface area contributed by atoms with Crippen LogP contribution in [0.25, 0.3) is 11.3 Å². The van der Waals surface area contributed by atoms with Gasteiger partial charge in [0.05, 0.1) is 24.6 Å². The quantitative estimate of drug-likeness (QED) is 0.598. The Morgan fingerprint density at radius 3 is 2.75 bits per heavy atom. The molecule has 0 spiro atoms. The van der Waals surface area contributed by atoms with Gasteiger partial charge in [0.25, 0.3) is 5.91 Å². The van der Waals surface area contributed by atoms with Crippen molar-refractivity contribution in [1.82, 2.24) is 15.5 Å². The largest absolute Gasteiger partial charge is 0.493 e. The van der Waals surface area contributed by atoms with Gasteiger partial charge >= 0.3 is 0 Å². The zero-order valence-electron chi connectivity index (χ0n) is 15.2. The van der Waals surface area contributed by atoms with Crippen LogP contribution in [0, 0.1) is 12.3 Å². The van der Waals surface area contributed by atoms with E-state index in [0.717, 1.165) is 11.1 Å². The van der Waals surface area contributed by atoms with Crippen molar-refractivity contribution in [3.63, 3.8) is 0 Å². The van der Waals surface area contributed by atoms with Crippen LogP contribution in [0.1, 0.15) is 15.9 Å². The Balaban J connectivity index is 1.72. The van der Waals surface area contributed by atoms with Crippen LogP contribution in [-0.4, -0.2) is 29.8 Å². The van der Waals surface area contributed by atoms with Crippen LogP contribution in [0.15, 0.2) is 48.7 Å². The van der Waals surface area contributed by atoms with E-state index in [0.29, 0.717) is 34.3 Å². The summed E-state index contributed by atoms with van der Waals surface area (Å²) in [5, 5.41) is 10.4. The minimum absolute atomic E-state index is 0.131. The molecular weight excluding hydrogens is 378 g/mol. The molecule has 28 heavy (non-hydrogen) atoms. The zero-order valence-corrected chi connectivity index (χ0v) is 15.9. The Bertz CT molecular complexity index is 1010. The minimum Gasteiger partial charge on any atom is -0.493 e. The smallest absolute Gasteiger partial charge is 0.255 e. The lowest BCUT2D eigenvalue weighted by atomic mass is 10.1. The number of amides is 1. The highest BCUT2D eigenvalue weighted by molar-refractivity contribution is 6.30. The van der Waals surface area contributed by atoms with E-state index in [4.69, 9.17) is 27.5 Å². The summed E-state index contributed by atoms with van der Waals surface area (Å²) in [6.07, 6.45) is 6.73. The number of methoxy groups -OCH3 is 1. The third-order valence-corrected chi connectivity index (χ3v) is 4.26. The molecule has 3 aromatic rings. The van der Waals surface area contributed by atoms with Gasteiger partial charge < -0.3 is 14.8 Å². The molecule has 142 valence electrons. The van der Waals surface area contributed by atoms with E-state index in [-0.39, 0.29) is 12.5 Å².